The Kier molecular flexibility index (Phi) is 3.61. The second-order valence-electron chi connectivity index (χ2n) is 4.22. The van der Waals surface area contributed by atoms with Crippen LogP contribution in [0, 0.1) is 0 Å². The lowest BCUT2D eigenvalue weighted by molar-refractivity contribution is -0.140. The maximum atomic E-state index is 11.1. The molecule has 0 aromatic carbocycles. The minimum Gasteiger partial charge on any atom is -0.469 e. The zero-order chi connectivity index (χ0) is 12.3. The van der Waals surface area contributed by atoms with E-state index in [0.717, 1.165) is 24.9 Å². The van der Waals surface area contributed by atoms with Crippen molar-refractivity contribution < 1.29 is 9.53 Å². The van der Waals surface area contributed by atoms with Crippen LogP contribution in [0.15, 0.2) is 0 Å². The molecule has 0 N–H and O–H groups in total. The number of methoxy groups -OCH3 is 1. The second-order valence-corrected chi connectivity index (χ2v) is 4.22. The van der Waals surface area contributed by atoms with Gasteiger partial charge in [-0.2, -0.15) is 4.98 Å². The summed E-state index contributed by atoms with van der Waals surface area (Å²) in [6, 6.07) is 0. The SMILES string of the molecule is COC(=O)CCc1nc(N2CCCC2)nn1C. The lowest BCUT2D eigenvalue weighted by Crippen LogP contribution is -2.19. The quantitative estimate of drug-likeness (QED) is 0.716. The normalized spacial score (nSPS) is 15.3. The first-order valence-electron chi connectivity index (χ1n) is 5.92. The van der Waals surface area contributed by atoms with Gasteiger partial charge < -0.3 is 9.64 Å². The summed E-state index contributed by atoms with van der Waals surface area (Å²) in [4.78, 5) is 17.7. The molecule has 1 aromatic heterocycles. The van der Waals surface area contributed by atoms with Crippen LogP contribution in [-0.2, 0) is 23.0 Å². The van der Waals surface area contributed by atoms with Gasteiger partial charge in [-0.15, -0.1) is 5.10 Å². The van der Waals surface area contributed by atoms with E-state index in [1.54, 1.807) is 4.68 Å². The molecule has 0 radical (unpaired) electrons. The Hall–Kier alpha value is -1.59. The van der Waals surface area contributed by atoms with E-state index < -0.39 is 0 Å². The van der Waals surface area contributed by atoms with E-state index in [9.17, 15) is 4.79 Å². The van der Waals surface area contributed by atoms with Gasteiger partial charge in [-0.05, 0) is 12.8 Å². The molecule has 0 aliphatic carbocycles. The maximum absolute atomic E-state index is 11.1. The molecule has 2 rings (SSSR count). The van der Waals surface area contributed by atoms with Crippen LogP contribution in [-0.4, -0.2) is 40.9 Å². The minimum absolute atomic E-state index is 0.212. The number of rotatable bonds is 4. The molecule has 0 atom stereocenters. The average Bonchev–Trinajstić information content (AvgIpc) is 2.95. The summed E-state index contributed by atoms with van der Waals surface area (Å²) >= 11 is 0. The number of nitrogens with zero attached hydrogens (tertiary/aromatic N) is 4. The number of aryl methyl sites for hydroxylation is 2. The number of hydrogen-bond acceptors (Lipinski definition) is 5. The van der Waals surface area contributed by atoms with Crippen molar-refractivity contribution in [2.75, 3.05) is 25.1 Å². The Bertz CT molecular complexity index is 396. The topological polar surface area (TPSA) is 60.2 Å². The summed E-state index contributed by atoms with van der Waals surface area (Å²) in [7, 11) is 3.26. The number of hydrogen-bond donors (Lipinski definition) is 0. The Morgan fingerprint density at radius 1 is 1.41 bits per heavy atom. The van der Waals surface area contributed by atoms with Gasteiger partial charge in [-0.1, -0.05) is 0 Å². The zero-order valence-electron chi connectivity index (χ0n) is 10.3. The van der Waals surface area contributed by atoms with Crippen LogP contribution in [0.2, 0.25) is 0 Å². The van der Waals surface area contributed by atoms with Gasteiger partial charge >= 0.3 is 5.97 Å². The number of esters is 1. The van der Waals surface area contributed by atoms with Gasteiger partial charge in [0, 0.05) is 26.6 Å². The number of ether oxygens (including phenoxy) is 1. The fourth-order valence-electron chi connectivity index (χ4n) is 1.99. The molecule has 0 spiro atoms. The van der Waals surface area contributed by atoms with E-state index in [0.29, 0.717) is 12.8 Å². The summed E-state index contributed by atoms with van der Waals surface area (Å²) in [6.45, 7) is 2.06. The summed E-state index contributed by atoms with van der Waals surface area (Å²) in [6.07, 6.45) is 3.33. The van der Waals surface area contributed by atoms with Gasteiger partial charge in [0.2, 0.25) is 5.95 Å². The van der Waals surface area contributed by atoms with Gasteiger partial charge in [-0.25, -0.2) is 0 Å². The molecule has 6 nitrogen and oxygen atoms in total. The van der Waals surface area contributed by atoms with Crippen molar-refractivity contribution in [2.45, 2.75) is 25.7 Å². The number of carbonyl (C=O) groups excluding carboxylic acids is 1. The highest BCUT2D eigenvalue weighted by Gasteiger charge is 2.18. The molecule has 17 heavy (non-hydrogen) atoms. The predicted molar refractivity (Wildman–Crippen MR) is 62.8 cm³/mol. The number of carbonyl (C=O) groups is 1. The van der Waals surface area contributed by atoms with Crippen molar-refractivity contribution in [3.8, 4) is 0 Å². The monoisotopic (exact) mass is 238 g/mol. The van der Waals surface area contributed by atoms with Crippen LogP contribution < -0.4 is 4.90 Å². The highest BCUT2D eigenvalue weighted by atomic mass is 16.5. The second kappa shape index (κ2) is 5.16. The Labute approximate surface area is 101 Å². The van der Waals surface area contributed by atoms with E-state index in [4.69, 9.17) is 0 Å². The first-order chi connectivity index (χ1) is 8.20. The first-order valence-corrected chi connectivity index (χ1v) is 5.92. The summed E-state index contributed by atoms with van der Waals surface area (Å²) < 4.78 is 6.36. The highest BCUT2D eigenvalue weighted by Crippen LogP contribution is 2.16. The van der Waals surface area contributed by atoms with Crippen molar-refractivity contribution in [1.29, 1.82) is 0 Å². The van der Waals surface area contributed by atoms with Crippen LogP contribution in [0.5, 0.6) is 0 Å². The van der Waals surface area contributed by atoms with E-state index in [1.807, 2.05) is 7.05 Å². The van der Waals surface area contributed by atoms with Crippen molar-refractivity contribution >= 4 is 11.9 Å². The van der Waals surface area contributed by atoms with Crippen molar-refractivity contribution in [3.63, 3.8) is 0 Å². The van der Waals surface area contributed by atoms with Crippen LogP contribution in [0.25, 0.3) is 0 Å². The van der Waals surface area contributed by atoms with E-state index in [1.165, 1.54) is 20.0 Å². The van der Waals surface area contributed by atoms with Crippen LogP contribution >= 0.6 is 0 Å². The molecule has 0 amide bonds. The molecule has 2 heterocycles. The highest BCUT2D eigenvalue weighted by molar-refractivity contribution is 5.69. The summed E-state index contributed by atoms with van der Waals surface area (Å²) in [5, 5.41) is 4.38. The van der Waals surface area contributed by atoms with Gasteiger partial charge in [-0.3, -0.25) is 9.48 Å². The molecular formula is C11H18N4O2. The maximum Gasteiger partial charge on any atom is 0.305 e. The van der Waals surface area contributed by atoms with Crippen LogP contribution in [0.3, 0.4) is 0 Å². The molecule has 1 aliphatic heterocycles. The van der Waals surface area contributed by atoms with Gasteiger partial charge in [0.1, 0.15) is 5.82 Å². The Morgan fingerprint density at radius 2 is 2.12 bits per heavy atom. The third-order valence-corrected chi connectivity index (χ3v) is 3.01. The Balaban J connectivity index is 2.00. The van der Waals surface area contributed by atoms with Crippen molar-refractivity contribution in [3.05, 3.63) is 5.82 Å². The van der Waals surface area contributed by atoms with Crippen molar-refractivity contribution in [1.82, 2.24) is 14.8 Å². The molecule has 6 heteroatoms. The molecule has 1 aliphatic rings. The number of aromatic nitrogens is 3. The minimum atomic E-state index is -0.212. The van der Waals surface area contributed by atoms with Crippen molar-refractivity contribution in [2.24, 2.45) is 7.05 Å². The van der Waals surface area contributed by atoms with E-state index in [2.05, 4.69) is 19.7 Å². The molecule has 0 bridgehead atoms. The first kappa shape index (κ1) is 11.9. The molecule has 0 saturated carbocycles. The zero-order valence-corrected chi connectivity index (χ0v) is 10.3. The van der Waals surface area contributed by atoms with Crippen LogP contribution in [0.1, 0.15) is 25.1 Å². The predicted octanol–water partition coefficient (Wildman–Crippen LogP) is 0.521. The van der Waals surface area contributed by atoms with E-state index in [-0.39, 0.29) is 5.97 Å². The third kappa shape index (κ3) is 2.75. The average molecular weight is 238 g/mol. The lowest BCUT2D eigenvalue weighted by atomic mass is 10.3. The fraction of sp³-hybridized carbons (Fsp3) is 0.727. The van der Waals surface area contributed by atoms with Crippen LogP contribution in [0.4, 0.5) is 5.95 Å². The lowest BCUT2D eigenvalue weighted by Gasteiger charge is -2.10. The third-order valence-electron chi connectivity index (χ3n) is 3.01. The van der Waals surface area contributed by atoms with Gasteiger partial charge in [0.15, 0.2) is 0 Å². The smallest absolute Gasteiger partial charge is 0.305 e. The molecule has 1 aromatic rings. The summed E-state index contributed by atoms with van der Waals surface area (Å²) in [5.74, 6) is 1.40. The molecule has 1 fully saturated rings. The molecule has 0 unspecified atom stereocenters. The number of anilines is 1. The fourth-order valence-corrected chi connectivity index (χ4v) is 1.99. The molecule has 1 saturated heterocycles. The molecule has 94 valence electrons. The molecular weight excluding hydrogens is 220 g/mol. The van der Waals surface area contributed by atoms with Gasteiger partial charge in [0.05, 0.1) is 13.5 Å². The largest absolute Gasteiger partial charge is 0.469 e. The standard InChI is InChI=1S/C11H18N4O2/c1-14-9(5-6-10(16)17-2)12-11(13-14)15-7-3-4-8-15/h3-8H2,1-2H3. The van der Waals surface area contributed by atoms with Gasteiger partial charge in [0.25, 0.3) is 0 Å². The van der Waals surface area contributed by atoms with E-state index >= 15 is 0 Å². The Morgan fingerprint density at radius 3 is 2.76 bits per heavy atom. The summed E-state index contributed by atoms with van der Waals surface area (Å²) in [5.41, 5.74) is 0.